The molecule has 3 N–H and O–H groups in total. The van der Waals surface area contributed by atoms with Gasteiger partial charge in [0.25, 0.3) is 11.5 Å². The maximum Gasteiger partial charge on any atom is 0.337 e. The van der Waals surface area contributed by atoms with Gasteiger partial charge in [-0.25, -0.2) is 4.79 Å². The fourth-order valence-corrected chi connectivity index (χ4v) is 2.70. The van der Waals surface area contributed by atoms with E-state index in [1.165, 1.54) is 19.2 Å². The number of amides is 1. The molecule has 0 spiro atoms. The zero-order chi connectivity index (χ0) is 21.1. The number of aromatic nitrogens is 2. The third-order valence-electron chi connectivity index (χ3n) is 3.86. The fraction of sp³-hybridized carbons (Fsp3) is 0.0526. The third kappa shape index (κ3) is 4.27. The fourth-order valence-electron chi connectivity index (χ4n) is 2.44. The van der Waals surface area contributed by atoms with E-state index >= 15 is 0 Å². The predicted molar refractivity (Wildman–Crippen MR) is 107 cm³/mol. The van der Waals surface area contributed by atoms with Crippen molar-refractivity contribution in [3.05, 3.63) is 74.6 Å². The van der Waals surface area contributed by atoms with Crippen molar-refractivity contribution < 1.29 is 24.5 Å². The van der Waals surface area contributed by atoms with Crippen molar-refractivity contribution in [2.75, 3.05) is 12.4 Å². The summed E-state index contributed by atoms with van der Waals surface area (Å²) in [6.45, 7) is 0. The molecule has 0 aliphatic carbocycles. The topological polar surface area (TPSA) is 131 Å². The summed E-state index contributed by atoms with van der Waals surface area (Å²) in [6, 6.07) is 11.2. The first-order valence-corrected chi connectivity index (χ1v) is 8.91. The smallest absolute Gasteiger partial charge is 0.337 e. The van der Waals surface area contributed by atoms with Crippen LogP contribution in [-0.2, 0) is 4.74 Å². The molecule has 3 rings (SSSR count). The van der Waals surface area contributed by atoms with Crippen molar-refractivity contribution in [2.45, 2.75) is 0 Å². The second kappa shape index (κ2) is 8.15. The number of phenolic OH excluding ortho intramolecular Hbond substituents is 1. The van der Waals surface area contributed by atoms with E-state index in [4.69, 9.17) is 0 Å². The van der Waals surface area contributed by atoms with Crippen LogP contribution < -0.4 is 10.9 Å². The SMILES string of the molecule is COC(=O)c1ccc(NC(=O)c2nn(-c3ccc(Br)cc3)c(=O)cc2O)c(O)c1. The second-order valence-corrected chi connectivity index (χ2v) is 6.70. The molecule has 0 aliphatic rings. The lowest BCUT2D eigenvalue weighted by molar-refractivity contribution is 0.0600. The highest BCUT2D eigenvalue weighted by Gasteiger charge is 2.19. The minimum atomic E-state index is -0.866. The standard InChI is InChI=1S/C19H14BrN3O6/c1-29-19(28)10-2-7-13(14(24)8-10)21-18(27)17-15(25)9-16(26)23(22-17)12-5-3-11(20)4-6-12/h2-9,24-25H,1H3,(H,21,27). The van der Waals surface area contributed by atoms with Crippen LogP contribution in [0.3, 0.4) is 0 Å². The lowest BCUT2D eigenvalue weighted by Gasteiger charge is -2.11. The number of aromatic hydroxyl groups is 2. The summed E-state index contributed by atoms with van der Waals surface area (Å²) in [4.78, 5) is 36.2. The highest BCUT2D eigenvalue weighted by atomic mass is 79.9. The van der Waals surface area contributed by atoms with Gasteiger partial charge in [-0.2, -0.15) is 9.78 Å². The van der Waals surface area contributed by atoms with Gasteiger partial charge >= 0.3 is 5.97 Å². The van der Waals surface area contributed by atoms with Crippen molar-refractivity contribution in [1.29, 1.82) is 0 Å². The molecule has 0 aliphatic heterocycles. The Morgan fingerprint density at radius 2 is 1.76 bits per heavy atom. The van der Waals surface area contributed by atoms with Gasteiger partial charge in [-0.3, -0.25) is 9.59 Å². The number of halogens is 1. The molecule has 0 saturated carbocycles. The summed E-state index contributed by atoms with van der Waals surface area (Å²) < 4.78 is 6.30. The summed E-state index contributed by atoms with van der Waals surface area (Å²) in [5, 5.41) is 26.3. The molecule has 0 saturated heterocycles. The first kappa shape index (κ1) is 20.1. The molecule has 29 heavy (non-hydrogen) atoms. The molecule has 0 unspecified atom stereocenters. The van der Waals surface area contributed by atoms with E-state index in [9.17, 15) is 24.6 Å². The summed E-state index contributed by atoms with van der Waals surface area (Å²) in [5.41, 5.74) is -0.605. The van der Waals surface area contributed by atoms with Crippen LogP contribution in [0.2, 0.25) is 0 Å². The van der Waals surface area contributed by atoms with Gasteiger partial charge in [0.2, 0.25) is 0 Å². The van der Waals surface area contributed by atoms with Crippen LogP contribution in [0.15, 0.2) is 57.8 Å². The first-order chi connectivity index (χ1) is 13.8. The first-order valence-electron chi connectivity index (χ1n) is 8.12. The minimum Gasteiger partial charge on any atom is -0.506 e. The lowest BCUT2D eigenvalue weighted by Crippen LogP contribution is -2.25. The highest BCUT2D eigenvalue weighted by Crippen LogP contribution is 2.26. The van der Waals surface area contributed by atoms with Crippen molar-refractivity contribution in [1.82, 2.24) is 9.78 Å². The van der Waals surface area contributed by atoms with Gasteiger partial charge in [-0.15, -0.1) is 0 Å². The molecule has 3 aromatic rings. The molecule has 10 heteroatoms. The molecule has 0 atom stereocenters. The molecule has 148 valence electrons. The Morgan fingerprint density at radius 1 is 1.07 bits per heavy atom. The van der Waals surface area contributed by atoms with Crippen LogP contribution in [0.25, 0.3) is 5.69 Å². The Labute approximate surface area is 172 Å². The number of nitrogens with one attached hydrogen (secondary N) is 1. The number of ether oxygens (including phenoxy) is 1. The average Bonchev–Trinajstić information content (AvgIpc) is 2.69. The summed E-state index contributed by atoms with van der Waals surface area (Å²) >= 11 is 3.28. The van der Waals surface area contributed by atoms with Crippen molar-refractivity contribution >= 4 is 33.5 Å². The van der Waals surface area contributed by atoms with Gasteiger partial charge in [-0.1, -0.05) is 15.9 Å². The average molecular weight is 460 g/mol. The maximum atomic E-state index is 12.6. The van der Waals surface area contributed by atoms with Gasteiger partial charge in [0.1, 0.15) is 5.75 Å². The monoisotopic (exact) mass is 459 g/mol. The van der Waals surface area contributed by atoms with Crippen LogP contribution in [0.5, 0.6) is 11.5 Å². The summed E-state index contributed by atoms with van der Waals surface area (Å²) in [6.07, 6.45) is 0. The number of hydrogen-bond acceptors (Lipinski definition) is 7. The number of methoxy groups -OCH3 is 1. The molecular weight excluding hydrogens is 446 g/mol. The van der Waals surface area contributed by atoms with E-state index in [1.54, 1.807) is 24.3 Å². The van der Waals surface area contributed by atoms with Crippen LogP contribution in [0.1, 0.15) is 20.8 Å². The zero-order valence-electron chi connectivity index (χ0n) is 14.9. The largest absolute Gasteiger partial charge is 0.506 e. The number of nitrogens with zero attached hydrogens (tertiary/aromatic N) is 2. The van der Waals surface area contributed by atoms with Crippen LogP contribution in [0.4, 0.5) is 5.69 Å². The maximum absolute atomic E-state index is 12.6. The number of anilines is 1. The van der Waals surface area contributed by atoms with E-state index in [-0.39, 0.29) is 17.0 Å². The molecule has 9 nitrogen and oxygen atoms in total. The highest BCUT2D eigenvalue weighted by molar-refractivity contribution is 9.10. The number of carbonyl (C=O) groups excluding carboxylic acids is 2. The van der Waals surface area contributed by atoms with Crippen LogP contribution in [0, 0.1) is 0 Å². The quantitative estimate of drug-likeness (QED) is 0.403. The van der Waals surface area contributed by atoms with Crippen molar-refractivity contribution in [2.24, 2.45) is 0 Å². The number of carbonyl (C=O) groups is 2. The predicted octanol–water partition coefficient (Wildman–Crippen LogP) is 2.45. The van der Waals surface area contributed by atoms with Crippen molar-refractivity contribution in [3.63, 3.8) is 0 Å². The van der Waals surface area contributed by atoms with Crippen molar-refractivity contribution in [3.8, 4) is 17.2 Å². The van der Waals surface area contributed by atoms with Crippen LogP contribution in [-0.4, -0.2) is 39.0 Å². The molecule has 0 radical (unpaired) electrons. The molecule has 2 aromatic carbocycles. The molecule has 1 aromatic heterocycles. The Hall–Kier alpha value is -3.66. The molecular formula is C19H14BrN3O6. The van der Waals surface area contributed by atoms with Crippen LogP contribution >= 0.6 is 15.9 Å². The van der Waals surface area contributed by atoms with E-state index in [1.807, 2.05) is 0 Å². The van der Waals surface area contributed by atoms with Gasteiger partial charge in [-0.05, 0) is 42.5 Å². The number of benzene rings is 2. The van der Waals surface area contributed by atoms with E-state index < -0.39 is 28.9 Å². The summed E-state index contributed by atoms with van der Waals surface area (Å²) in [7, 11) is 1.20. The number of rotatable bonds is 4. The molecule has 1 amide bonds. The molecule has 0 fully saturated rings. The van der Waals surface area contributed by atoms with E-state index in [2.05, 4.69) is 31.1 Å². The normalized spacial score (nSPS) is 10.4. The number of esters is 1. The Morgan fingerprint density at radius 3 is 2.38 bits per heavy atom. The lowest BCUT2D eigenvalue weighted by atomic mass is 10.2. The third-order valence-corrected chi connectivity index (χ3v) is 4.39. The van der Waals surface area contributed by atoms with E-state index in [0.29, 0.717) is 5.69 Å². The van der Waals surface area contributed by atoms with Gasteiger partial charge in [0.05, 0.1) is 24.0 Å². The minimum absolute atomic E-state index is 0.0229. The van der Waals surface area contributed by atoms with Gasteiger partial charge in [0.15, 0.2) is 11.4 Å². The zero-order valence-corrected chi connectivity index (χ0v) is 16.5. The summed E-state index contributed by atoms with van der Waals surface area (Å²) in [5.74, 6) is -2.53. The molecule has 1 heterocycles. The second-order valence-electron chi connectivity index (χ2n) is 5.78. The Bertz CT molecular complexity index is 1160. The van der Waals surface area contributed by atoms with Gasteiger partial charge < -0.3 is 20.3 Å². The molecule has 0 bridgehead atoms. The van der Waals surface area contributed by atoms with Gasteiger partial charge in [0, 0.05) is 10.5 Å². The Balaban J connectivity index is 1.93. The Kier molecular flexibility index (Phi) is 5.64. The number of phenols is 1. The number of hydrogen-bond donors (Lipinski definition) is 3. The van der Waals surface area contributed by atoms with E-state index in [0.717, 1.165) is 21.3 Å².